The average Bonchev–Trinajstić information content (AvgIpc) is 3.56. The third-order valence-corrected chi connectivity index (χ3v) is 7.73. The summed E-state index contributed by atoms with van der Waals surface area (Å²) in [5, 5.41) is 9.77. The fraction of sp³-hybridized carbons (Fsp3) is 0.207. The molecule has 1 saturated heterocycles. The molecule has 0 amide bonds. The van der Waals surface area contributed by atoms with Crippen LogP contribution in [0.5, 0.6) is 5.75 Å². The molecule has 4 aromatic rings. The molecule has 5 rings (SSSR count). The number of aryl methyl sites for hydroxylation is 2. The Labute approximate surface area is 250 Å². The van der Waals surface area contributed by atoms with Gasteiger partial charge in [-0.2, -0.15) is 10.1 Å². The van der Waals surface area contributed by atoms with E-state index < -0.39 is 6.36 Å². The zero-order valence-electron chi connectivity index (χ0n) is 22.8. The molecule has 0 radical (unpaired) electrons. The van der Waals surface area contributed by atoms with Crippen molar-refractivity contribution in [2.24, 2.45) is 10.1 Å². The van der Waals surface area contributed by atoms with Crippen molar-refractivity contribution in [1.82, 2.24) is 20.2 Å². The SMILES string of the molecule is Cc1cccc(C)c1N1/C(=N/C(=S)N/N=C/c2ccc(-c3ncn(-c4ccc(OC(F)(F)F)cc4)n3)cc2)SCC1C. The summed E-state index contributed by atoms with van der Waals surface area (Å²) >= 11 is 7.11. The fourth-order valence-corrected chi connectivity index (χ4v) is 5.73. The lowest BCUT2D eigenvalue weighted by Gasteiger charge is -2.27. The number of hydrazone groups is 1. The van der Waals surface area contributed by atoms with Gasteiger partial charge in [0, 0.05) is 23.0 Å². The highest BCUT2D eigenvalue weighted by Crippen LogP contribution is 2.34. The highest BCUT2D eigenvalue weighted by atomic mass is 32.2. The lowest BCUT2D eigenvalue weighted by atomic mass is 10.1. The molecular formula is C29H26F3N7OS2. The number of para-hydroxylation sites is 1. The number of rotatable bonds is 6. The molecule has 0 spiro atoms. The molecule has 1 aliphatic rings. The maximum Gasteiger partial charge on any atom is 0.573 e. The zero-order chi connectivity index (χ0) is 29.9. The lowest BCUT2D eigenvalue weighted by Crippen LogP contribution is -2.33. The molecule has 0 bridgehead atoms. The quantitative estimate of drug-likeness (QED) is 0.149. The van der Waals surface area contributed by atoms with Gasteiger partial charge in [0.2, 0.25) is 5.11 Å². The van der Waals surface area contributed by atoms with E-state index in [2.05, 4.69) is 74.2 Å². The monoisotopic (exact) mass is 609 g/mol. The summed E-state index contributed by atoms with van der Waals surface area (Å²) in [6, 6.07) is 19.3. The van der Waals surface area contributed by atoms with Crippen molar-refractivity contribution in [1.29, 1.82) is 0 Å². The van der Waals surface area contributed by atoms with Gasteiger partial charge >= 0.3 is 6.36 Å². The van der Waals surface area contributed by atoms with Gasteiger partial charge in [0.25, 0.3) is 0 Å². The number of anilines is 1. The maximum absolute atomic E-state index is 12.4. The molecule has 216 valence electrons. The van der Waals surface area contributed by atoms with Gasteiger partial charge in [0.15, 0.2) is 11.0 Å². The topological polar surface area (TPSA) is 79.9 Å². The predicted molar refractivity (Wildman–Crippen MR) is 165 cm³/mol. The van der Waals surface area contributed by atoms with Crippen LogP contribution < -0.4 is 15.1 Å². The number of aliphatic imine (C=N–C) groups is 1. The summed E-state index contributed by atoms with van der Waals surface area (Å²) in [6.07, 6.45) is -1.62. The van der Waals surface area contributed by atoms with Crippen LogP contribution >= 0.6 is 24.0 Å². The van der Waals surface area contributed by atoms with Crippen molar-refractivity contribution >= 4 is 46.2 Å². The number of benzene rings is 3. The zero-order valence-corrected chi connectivity index (χ0v) is 24.5. The van der Waals surface area contributed by atoms with E-state index in [1.54, 1.807) is 18.0 Å². The Kier molecular flexibility index (Phi) is 8.59. The van der Waals surface area contributed by atoms with Crippen LogP contribution in [-0.4, -0.2) is 49.4 Å². The van der Waals surface area contributed by atoms with Gasteiger partial charge in [-0.3, -0.25) is 5.43 Å². The number of halogens is 3. The van der Waals surface area contributed by atoms with E-state index in [-0.39, 0.29) is 16.9 Å². The number of nitrogens with zero attached hydrogens (tertiary/aromatic N) is 6. The highest BCUT2D eigenvalue weighted by Gasteiger charge is 2.31. The van der Waals surface area contributed by atoms with E-state index in [9.17, 15) is 13.2 Å². The molecule has 1 aromatic heterocycles. The van der Waals surface area contributed by atoms with Crippen LogP contribution in [0.3, 0.4) is 0 Å². The van der Waals surface area contributed by atoms with Crippen LogP contribution in [0.1, 0.15) is 23.6 Å². The molecule has 1 unspecified atom stereocenters. The molecule has 1 fully saturated rings. The van der Waals surface area contributed by atoms with Crippen molar-refractivity contribution < 1.29 is 17.9 Å². The number of aromatic nitrogens is 3. The third kappa shape index (κ3) is 6.97. The third-order valence-electron chi connectivity index (χ3n) is 6.35. The number of nitrogens with one attached hydrogen (secondary N) is 1. The van der Waals surface area contributed by atoms with Gasteiger partial charge in [-0.25, -0.2) is 9.67 Å². The molecule has 8 nitrogen and oxygen atoms in total. The van der Waals surface area contributed by atoms with Crippen LogP contribution in [0, 0.1) is 13.8 Å². The maximum atomic E-state index is 12.4. The summed E-state index contributed by atoms with van der Waals surface area (Å²) in [6.45, 7) is 6.37. The minimum Gasteiger partial charge on any atom is -0.406 e. The number of amidine groups is 1. The van der Waals surface area contributed by atoms with Crippen LogP contribution in [0.2, 0.25) is 0 Å². The van der Waals surface area contributed by atoms with Gasteiger partial charge in [-0.1, -0.05) is 54.2 Å². The Hall–Kier alpha value is -4.23. The molecule has 3 aromatic carbocycles. The minimum absolute atomic E-state index is 0.267. The second-order valence-electron chi connectivity index (χ2n) is 9.52. The first-order valence-electron chi connectivity index (χ1n) is 12.9. The highest BCUT2D eigenvalue weighted by molar-refractivity contribution is 8.14. The van der Waals surface area contributed by atoms with Gasteiger partial charge in [0.05, 0.1) is 11.9 Å². The standard InChI is InChI=1S/C29H26F3N7OS2/c1-18-5-4-6-19(2)25(18)39-20(3)16-42-28(39)35-27(41)36-34-15-21-7-9-22(10-8-21)26-33-17-38(37-26)23-11-13-24(14-12-23)40-29(30,31)32/h4-15,17,20H,16H2,1-3H3,(H,36,41)/b34-15+,35-28-. The number of thioether (sulfide) groups is 1. The van der Waals surface area contributed by atoms with Gasteiger partial charge < -0.3 is 9.64 Å². The number of hydrogen-bond acceptors (Lipinski definition) is 6. The molecular weight excluding hydrogens is 583 g/mol. The minimum atomic E-state index is -4.74. The van der Waals surface area contributed by atoms with E-state index in [0.717, 1.165) is 27.7 Å². The van der Waals surface area contributed by atoms with Crippen molar-refractivity contribution in [2.45, 2.75) is 33.2 Å². The van der Waals surface area contributed by atoms with E-state index >= 15 is 0 Å². The normalized spacial score (nSPS) is 16.4. The number of ether oxygens (including phenoxy) is 1. The Morgan fingerprint density at radius 1 is 1.07 bits per heavy atom. The molecule has 1 aliphatic heterocycles. The first-order chi connectivity index (χ1) is 20.1. The Bertz CT molecular complexity index is 1610. The van der Waals surface area contributed by atoms with E-state index in [0.29, 0.717) is 11.5 Å². The van der Waals surface area contributed by atoms with Crippen molar-refractivity contribution in [3.63, 3.8) is 0 Å². The number of alkyl halides is 3. The molecule has 42 heavy (non-hydrogen) atoms. The van der Waals surface area contributed by atoms with E-state index in [1.165, 1.54) is 46.4 Å². The largest absolute Gasteiger partial charge is 0.573 e. The summed E-state index contributed by atoms with van der Waals surface area (Å²) in [5.41, 5.74) is 8.49. The Morgan fingerprint density at radius 2 is 1.76 bits per heavy atom. The second kappa shape index (κ2) is 12.3. The smallest absolute Gasteiger partial charge is 0.406 e. The summed E-state index contributed by atoms with van der Waals surface area (Å²) in [5.74, 6) is 1.07. The van der Waals surface area contributed by atoms with Crippen molar-refractivity contribution in [3.8, 4) is 22.8 Å². The second-order valence-corrected chi connectivity index (χ2v) is 10.9. The predicted octanol–water partition coefficient (Wildman–Crippen LogP) is 6.66. The Balaban J connectivity index is 1.20. The van der Waals surface area contributed by atoms with Crippen LogP contribution in [0.15, 0.2) is 83.2 Å². The van der Waals surface area contributed by atoms with Crippen LogP contribution in [0.25, 0.3) is 17.1 Å². The molecule has 1 atom stereocenters. The van der Waals surface area contributed by atoms with Crippen molar-refractivity contribution in [3.05, 3.63) is 89.7 Å². The first-order valence-corrected chi connectivity index (χ1v) is 14.2. The number of thiocarbonyl (C=S) groups is 1. The number of hydrogen-bond donors (Lipinski definition) is 1. The molecule has 0 aliphatic carbocycles. The molecule has 2 heterocycles. The van der Waals surface area contributed by atoms with Gasteiger partial charge in [0.1, 0.15) is 12.1 Å². The Morgan fingerprint density at radius 3 is 2.43 bits per heavy atom. The summed E-state index contributed by atoms with van der Waals surface area (Å²) < 4.78 is 42.5. The van der Waals surface area contributed by atoms with E-state index in [1.807, 2.05) is 24.3 Å². The first kappa shape index (κ1) is 29.3. The summed E-state index contributed by atoms with van der Waals surface area (Å²) in [7, 11) is 0. The molecule has 0 saturated carbocycles. The lowest BCUT2D eigenvalue weighted by molar-refractivity contribution is -0.274. The summed E-state index contributed by atoms with van der Waals surface area (Å²) in [4.78, 5) is 11.2. The van der Waals surface area contributed by atoms with Crippen LogP contribution in [-0.2, 0) is 0 Å². The average molecular weight is 610 g/mol. The fourth-order valence-electron chi connectivity index (χ4n) is 4.43. The van der Waals surface area contributed by atoms with E-state index in [4.69, 9.17) is 12.2 Å². The van der Waals surface area contributed by atoms with Gasteiger partial charge in [-0.15, -0.1) is 18.3 Å². The van der Waals surface area contributed by atoms with Gasteiger partial charge in [-0.05, 0) is 73.9 Å². The van der Waals surface area contributed by atoms with Crippen LogP contribution in [0.4, 0.5) is 18.9 Å². The molecule has 13 heteroatoms. The van der Waals surface area contributed by atoms with Crippen molar-refractivity contribution in [2.75, 3.05) is 10.7 Å². The molecule has 1 N–H and O–H groups in total.